The molecule has 1 aliphatic heterocycles. The number of rotatable bonds is 4. The molecule has 1 amide bonds. The first kappa shape index (κ1) is 14.1. The summed E-state index contributed by atoms with van der Waals surface area (Å²) in [6.45, 7) is -0.338. The molecule has 9 nitrogen and oxygen atoms in total. The second-order valence-corrected chi connectivity index (χ2v) is 5.25. The van der Waals surface area contributed by atoms with Gasteiger partial charge in [-0.15, -0.1) is 0 Å². The number of hydrogen-bond acceptors (Lipinski definition) is 7. The molecule has 0 unspecified atom stereocenters. The molecule has 1 aromatic heterocycles. The summed E-state index contributed by atoms with van der Waals surface area (Å²) in [6.07, 6.45) is 0.752. The lowest BCUT2D eigenvalue weighted by Gasteiger charge is -2.13. The van der Waals surface area contributed by atoms with Crippen molar-refractivity contribution in [2.45, 2.75) is 37.7 Å². The van der Waals surface area contributed by atoms with Crippen molar-refractivity contribution >= 4 is 11.7 Å². The van der Waals surface area contributed by atoms with Crippen LogP contribution in [0.3, 0.4) is 0 Å². The number of amides is 1. The smallest absolute Gasteiger partial charge is 0.368 e. The maximum atomic E-state index is 11.9. The summed E-state index contributed by atoms with van der Waals surface area (Å²) < 4.78 is 6.32. The fourth-order valence-corrected chi connectivity index (χ4v) is 2.21. The van der Waals surface area contributed by atoms with Gasteiger partial charge in [-0.05, 0) is 12.8 Å². The molecule has 1 saturated carbocycles. The largest absolute Gasteiger partial charge is 0.394 e. The number of anilines is 1. The van der Waals surface area contributed by atoms with Crippen LogP contribution in [-0.2, 0) is 9.53 Å². The van der Waals surface area contributed by atoms with Crippen LogP contribution in [-0.4, -0.2) is 49.7 Å². The van der Waals surface area contributed by atoms with Gasteiger partial charge in [-0.2, -0.15) is 14.8 Å². The average Bonchev–Trinajstić information content (AvgIpc) is 3.23. The molecule has 114 valence electrons. The van der Waals surface area contributed by atoms with Crippen molar-refractivity contribution in [2.24, 2.45) is 5.92 Å². The Bertz CT molecular complexity index is 600. The minimum absolute atomic E-state index is 0.00727. The Hall–Kier alpha value is -1.84. The molecular weight excluding hydrogens is 280 g/mol. The molecule has 9 heteroatoms. The zero-order valence-corrected chi connectivity index (χ0v) is 11.2. The van der Waals surface area contributed by atoms with Crippen molar-refractivity contribution in [3.05, 3.63) is 16.7 Å². The maximum absolute atomic E-state index is 11.9. The van der Waals surface area contributed by atoms with E-state index >= 15 is 0 Å². The summed E-state index contributed by atoms with van der Waals surface area (Å²) >= 11 is 0. The summed E-state index contributed by atoms with van der Waals surface area (Å²) in [6, 6.07) is 0. The van der Waals surface area contributed by atoms with Crippen molar-refractivity contribution < 1.29 is 19.7 Å². The van der Waals surface area contributed by atoms with E-state index < -0.39 is 24.1 Å². The summed E-state index contributed by atoms with van der Waals surface area (Å²) in [5.74, 6) is -0.0485. The van der Waals surface area contributed by atoms with E-state index in [0.717, 1.165) is 17.5 Å². The van der Waals surface area contributed by atoms with E-state index in [2.05, 4.69) is 15.4 Å². The number of ether oxygens (including phenoxy) is 1. The molecule has 0 spiro atoms. The van der Waals surface area contributed by atoms with E-state index in [4.69, 9.17) is 9.84 Å². The molecule has 1 aliphatic carbocycles. The number of aliphatic hydroxyl groups excluding tert-OH is 2. The van der Waals surface area contributed by atoms with E-state index in [-0.39, 0.29) is 30.7 Å². The Labute approximate surface area is 119 Å². The van der Waals surface area contributed by atoms with Crippen LogP contribution >= 0.6 is 0 Å². The highest BCUT2D eigenvalue weighted by atomic mass is 16.5. The third kappa shape index (κ3) is 2.94. The zero-order chi connectivity index (χ0) is 15.0. The highest BCUT2D eigenvalue weighted by Gasteiger charge is 2.36. The Kier molecular flexibility index (Phi) is 3.70. The van der Waals surface area contributed by atoms with Crippen LogP contribution < -0.4 is 11.0 Å². The number of carbonyl (C=O) groups is 1. The molecule has 2 heterocycles. The van der Waals surface area contributed by atoms with Gasteiger partial charge in [-0.25, -0.2) is 4.79 Å². The van der Waals surface area contributed by atoms with Gasteiger partial charge in [0.25, 0.3) is 0 Å². The molecule has 21 heavy (non-hydrogen) atoms. The van der Waals surface area contributed by atoms with Gasteiger partial charge < -0.3 is 20.3 Å². The number of carbonyl (C=O) groups excluding carboxylic acids is 1. The third-order valence-electron chi connectivity index (χ3n) is 3.57. The minimum atomic E-state index is -0.858. The molecule has 1 saturated heterocycles. The standard InChI is InChI=1S/C12H16N4O5/c17-5-8-7(18)3-10(21-8)16-12(20)15-9(4-13-16)14-11(19)6-1-2-6/h4,6-8,10,17-18H,1-3,5H2,(H,14,15,19,20)/t7-,8+,10+/m0/s1. The van der Waals surface area contributed by atoms with Crippen molar-refractivity contribution in [3.8, 4) is 0 Å². The Morgan fingerprint density at radius 2 is 2.29 bits per heavy atom. The normalized spacial score (nSPS) is 28.6. The van der Waals surface area contributed by atoms with Crippen molar-refractivity contribution in [3.63, 3.8) is 0 Å². The van der Waals surface area contributed by atoms with Crippen LogP contribution in [0, 0.1) is 5.92 Å². The highest BCUT2D eigenvalue weighted by Crippen LogP contribution is 2.30. The number of nitrogens with one attached hydrogen (secondary N) is 1. The predicted octanol–water partition coefficient (Wildman–Crippen LogP) is -1.37. The van der Waals surface area contributed by atoms with Crippen molar-refractivity contribution in [2.75, 3.05) is 11.9 Å². The minimum Gasteiger partial charge on any atom is -0.394 e. The fraction of sp³-hybridized carbons (Fsp3) is 0.667. The molecule has 2 aliphatic rings. The van der Waals surface area contributed by atoms with Gasteiger partial charge in [-0.3, -0.25) is 4.79 Å². The summed E-state index contributed by atoms with van der Waals surface area (Å²) in [5.41, 5.74) is -0.681. The van der Waals surface area contributed by atoms with Crippen LogP contribution in [0.2, 0.25) is 0 Å². The van der Waals surface area contributed by atoms with Crippen LogP contribution in [0.15, 0.2) is 11.0 Å². The van der Waals surface area contributed by atoms with Gasteiger partial charge in [0.2, 0.25) is 5.91 Å². The summed E-state index contributed by atoms with van der Waals surface area (Å²) in [7, 11) is 0. The zero-order valence-electron chi connectivity index (χ0n) is 11.2. The first-order valence-electron chi connectivity index (χ1n) is 6.79. The molecule has 0 radical (unpaired) electrons. The molecule has 0 aromatic carbocycles. The Balaban J connectivity index is 1.72. The Morgan fingerprint density at radius 3 is 2.86 bits per heavy atom. The van der Waals surface area contributed by atoms with Crippen LogP contribution in [0.25, 0.3) is 0 Å². The van der Waals surface area contributed by atoms with E-state index in [0.29, 0.717) is 0 Å². The SMILES string of the molecule is O=C(Nc1cnn([C@H]2C[C@H](O)[C@@H](CO)O2)c(=O)n1)C1CC1. The topological polar surface area (TPSA) is 127 Å². The van der Waals surface area contributed by atoms with Gasteiger partial charge in [0.05, 0.1) is 18.9 Å². The van der Waals surface area contributed by atoms with Gasteiger partial charge in [0.1, 0.15) is 6.10 Å². The van der Waals surface area contributed by atoms with E-state index in [1.54, 1.807) is 0 Å². The van der Waals surface area contributed by atoms with Gasteiger partial charge in [0, 0.05) is 12.3 Å². The predicted molar refractivity (Wildman–Crippen MR) is 69.3 cm³/mol. The van der Waals surface area contributed by atoms with Crippen LogP contribution in [0.1, 0.15) is 25.5 Å². The quantitative estimate of drug-likeness (QED) is 0.625. The van der Waals surface area contributed by atoms with Gasteiger partial charge in [-0.1, -0.05) is 0 Å². The molecule has 3 rings (SSSR count). The highest BCUT2D eigenvalue weighted by molar-refractivity contribution is 5.92. The third-order valence-corrected chi connectivity index (χ3v) is 3.57. The molecule has 1 aromatic rings. The van der Waals surface area contributed by atoms with Crippen molar-refractivity contribution in [1.29, 1.82) is 0 Å². The first-order chi connectivity index (χ1) is 10.1. The lowest BCUT2D eigenvalue weighted by Crippen LogP contribution is -2.31. The second-order valence-electron chi connectivity index (χ2n) is 5.25. The van der Waals surface area contributed by atoms with E-state index in [1.165, 1.54) is 6.20 Å². The second kappa shape index (κ2) is 5.51. The van der Waals surface area contributed by atoms with Crippen molar-refractivity contribution in [1.82, 2.24) is 14.8 Å². The van der Waals surface area contributed by atoms with E-state index in [1.807, 2.05) is 0 Å². The lowest BCUT2D eigenvalue weighted by molar-refractivity contribution is -0.117. The fourth-order valence-electron chi connectivity index (χ4n) is 2.21. The molecule has 0 bridgehead atoms. The Morgan fingerprint density at radius 1 is 1.52 bits per heavy atom. The van der Waals surface area contributed by atoms with Gasteiger partial charge in [0.15, 0.2) is 12.0 Å². The number of aliphatic hydroxyl groups is 2. The van der Waals surface area contributed by atoms with Gasteiger partial charge >= 0.3 is 5.69 Å². The average molecular weight is 296 g/mol. The van der Waals surface area contributed by atoms with Crippen LogP contribution in [0.5, 0.6) is 0 Å². The molecule has 2 fully saturated rings. The lowest BCUT2D eigenvalue weighted by atomic mass is 10.2. The van der Waals surface area contributed by atoms with E-state index in [9.17, 15) is 14.7 Å². The summed E-state index contributed by atoms with van der Waals surface area (Å²) in [5, 5.41) is 25.1. The molecule has 3 N–H and O–H groups in total. The monoisotopic (exact) mass is 296 g/mol. The van der Waals surface area contributed by atoms with Crippen LogP contribution in [0.4, 0.5) is 5.82 Å². The number of nitrogens with zero attached hydrogens (tertiary/aromatic N) is 3. The number of hydrogen-bond donors (Lipinski definition) is 3. The maximum Gasteiger partial charge on any atom is 0.368 e. The molecular formula is C12H16N4O5. The number of aromatic nitrogens is 3. The first-order valence-corrected chi connectivity index (χ1v) is 6.79. The summed E-state index contributed by atoms with van der Waals surface area (Å²) in [4.78, 5) is 27.2. The molecule has 3 atom stereocenters.